The van der Waals surface area contributed by atoms with E-state index in [0.29, 0.717) is 17.8 Å². The Hall–Kier alpha value is -4.91. The second-order valence-corrected chi connectivity index (χ2v) is 31.3. The summed E-state index contributed by atoms with van der Waals surface area (Å²) in [6.07, 6.45) is 3.27. The van der Waals surface area contributed by atoms with Gasteiger partial charge in [0.15, 0.2) is 0 Å². The molecule has 0 aliphatic carbocycles. The molecule has 0 saturated carbocycles. The van der Waals surface area contributed by atoms with Gasteiger partial charge < -0.3 is 4.57 Å². The second kappa shape index (κ2) is 20.5. The summed E-state index contributed by atoms with van der Waals surface area (Å²) in [5.74, 6) is 9.58. The molecule has 339 valence electrons. The minimum atomic E-state index is -1.86. The van der Waals surface area contributed by atoms with Crippen molar-refractivity contribution in [2.45, 2.75) is 97.8 Å². The first-order chi connectivity index (χ1) is 31.1. The minimum absolute atomic E-state index is 0. The summed E-state index contributed by atoms with van der Waals surface area (Å²) in [7, 11) is 0. The molecule has 6 aromatic carbocycles. The van der Waals surface area contributed by atoms with Crippen LogP contribution in [0.15, 0.2) is 134 Å². The van der Waals surface area contributed by atoms with Crippen molar-refractivity contribution in [3.8, 4) is 50.6 Å². The molecule has 3 aromatic heterocycles. The smallest absolute Gasteiger partial charge is 0.0774 e. The number of benzene rings is 6. The van der Waals surface area contributed by atoms with Crippen molar-refractivity contribution >= 4 is 50.1 Å². The molecular formula is C60H63GeIrN3S-2. The number of fused-ring (bicyclic) bond motifs is 2. The predicted molar refractivity (Wildman–Crippen MR) is 284 cm³/mol. The average Bonchev–Trinajstić information content (AvgIpc) is 3.87. The van der Waals surface area contributed by atoms with E-state index < -0.39 is 13.3 Å². The van der Waals surface area contributed by atoms with E-state index in [-0.39, 0.29) is 20.1 Å². The van der Waals surface area contributed by atoms with Crippen LogP contribution in [0.1, 0.15) is 86.8 Å². The van der Waals surface area contributed by atoms with Gasteiger partial charge >= 0.3 is 126 Å². The SMILES string of the molecule is CC(C)Cc1cc(-c2[c-]cccc2)nc[c]1[Ge]([CH3])([CH3])[CH3].Cc1cc(C)c(-c2ccc3s[c-]c(-c4nc5ccccc5n4-c4c(C(C)C)cc(-c5ccccc5)cc4C(C)C)c3c2)c(C)c1.[Ir]. The number of pyridine rings is 1. The van der Waals surface area contributed by atoms with Crippen molar-refractivity contribution in [1.29, 1.82) is 0 Å². The average molecular weight is 1120 g/mol. The first kappa shape index (κ1) is 49.0. The molecule has 66 heavy (non-hydrogen) atoms. The maximum atomic E-state index is 5.35. The Morgan fingerprint density at radius 3 is 1.95 bits per heavy atom. The van der Waals surface area contributed by atoms with E-state index in [1.807, 2.05) is 18.2 Å². The van der Waals surface area contributed by atoms with Crippen LogP contribution in [-0.2, 0) is 26.5 Å². The fourth-order valence-corrected chi connectivity index (χ4v) is 13.6. The predicted octanol–water partition coefficient (Wildman–Crippen LogP) is 16.5. The number of hydrogen-bond donors (Lipinski definition) is 0. The van der Waals surface area contributed by atoms with Crippen LogP contribution in [0.4, 0.5) is 0 Å². The van der Waals surface area contributed by atoms with E-state index in [1.165, 1.54) is 71.4 Å². The largest absolute Gasteiger partial charge is 0.333 e. The Morgan fingerprint density at radius 1 is 0.682 bits per heavy atom. The van der Waals surface area contributed by atoms with E-state index in [2.05, 4.69) is 211 Å². The number of rotatable bonds is 10. The van der Waals surface area contributed by atoms with Crippen LogP contribution in [0.3, 0.4) is 0 Å². The third-order valence-corrected chi connectivity index (χ3v) is 17.6. The third kappa shape index (κ3) is 10.3. The number of hydrogen-bond acceptors (Lipinski definition) is 3. The van der Waals surface area contributed by atoms with Gasteiger partial charge in [-0.05, 0) is 101 Å². The van der Waals surface area contributed by atoms with E-state index in [0.717, 1.165) is 40.1 Å². The Morgan fingerprint density at radius 2 is 1.33 bits per heavy atom. The Labute approximate surface area is 414 Å². The van der Waals surface area contributed by atoms with Crippen LogP contribution >= 0.6 is 11.3 Å². The van der Waals surface area contributed by atoms with Crippen LogP contribution in [0.25, 0.3) is 71.7 Å². The van der Waals surface area contributed by atoms with Gasteiger partial charge in [0.1, 0.15) is 0 Å². The second-order valence-electron chi connectivity index (χ2n) is 19.9. The zero-order chi connectivity index (χ0) is 46.2. The molecule has 0 atom stereocenters. The number of nitrogens with zero attached hydrogens (tertiary/aromatic N) is 3. The first-order valence-electron chi connectivity index (χ1n) is 23.3. The van der Waals surface area contributed by atoms with Crippen molar-refractivity contribution in [3.05, 3.63) is 178 Å². The molecule has 0 spiro atoms. The van der Waals surface area contributed by atoms with Crippen molar-refractivity contribution in [2.75, 3.05) is 0 Å². The number of aromatic nitrogens is 3. The zero-order valence-electron chi connectivity index (χ0n) is 40.7. The van der Waals surface area contributed by atoms with Crippen LogP contribution in [0.5, 0.6) is 0 Å². The molecular weight excluding hydrogens is 1060 g/mol. The molecule has 6 heteroatoms. The number of thiophene rings is 1. The molecule has 0 aliphatic rings. The summed E-state index contributed by atoms with van der Waals surface area (Å²) < 4.78 is 5.20. The number of imidazole rings is 1. The quantitative estimate of drug-likeness (QED) is 0.101. The summed E-state index contributed by atoms with van der Waals surface area (Å²) in [6, 6.07) is 49.2. The molecule has 0 N–H and O–H groups in total. The van der Waals surface area contributed by atoms with Crippen LogP contribution < -0.4 is 4.40 Å². The van der Waals surface area contributed by atoms with Gasteiger partial charge in [0, 0.05) is 25.8 Å². The molecule has 9 aromatic rings. The Balaban J connectivity index is 0.000000260. The molecule has 0 saturated heterocycles. The van der Waals surface area contributed by atoms with Crippen molar-refractivity contribution in [2.24, 2.45) is 5.92 Å². The standard InChI is InChI=1S/C42H39N2S.C18H24GeN.Ir/c1-25(2)33-22-32(30-13-9-8-10-14-30)23-34(26(3)4)41(33)44-38-16-12-11-15-37(38)43-42(44)36-24-45-39-18-17-31(21-35(36)39)40-28(6)19-27(5)20-29(40)7;1-14(2)11-16-12-18(15-9-7-6-8-10-15)20-13-17(16)19(3,4)5;/h8-23,25-26H,1-7H3;6-9,12-14H,11H2,1-5H3;/q2*-1;. The van der Waals surface area contributed by atoms with Gasteiger partial charge in [-0.2, -0.15) is 0 Å². The van der Waals surface area contributed by atoms with Gasteiger partial charge in [-0.15, -0.1) is 5.39 Å². The van der Waals surface area contributed by atoms with Gasteiger partial charge in [0.2, 0.25) is 0 Å². The van der Waals surface area contributed by atoms with E-state index in [1.54, 1.807) is 15.7 Å². The van der Waals surface area contributed by atoms with Crippen molar-refractivity contribution < 1.29 is 20.1 Å². The maximum absolute atomic E-state index is 5.35. The third-order valence-electron chi connectivity index (χ3n) is 12.4. The summed E-state index contributed by atoms with van der Waals surface area (Å²) in [6.45, 7) is 20.4. The van der Waals surface area contributed by atoms with E-state index >= 15 is 0 Å². The summed E-state index contributed by atoms with van der Waals surface area (Å²) in [4.78, 5) is 10.0. The Kier molecular flexibility index (Phi) is 15.2. The first-order valence-corrected chi connectivity index (χ1v) is 31.4. The monoisotopic (exact) mass is 1120 g/mol. The van der Waals surface area contributed by atoms with Gasteiger partial charge in [-0.1, -0.05) is 122 Å². The van der Waals surface area contributed by atoms with Crippen molar-refractivity contribution in [3.63, 3.8) is 0 Å². The van der Waals surface area contributed by atoms with Crippen molar-refractivity contribution in [1.82, 2.24) is 14.5 Å². The molecule has 0 fully saturated rings. The van der Waals surface area contributed by atoms with Gasteiger partial charge in [0.05, 0.1) is 16.9 Å². The summed E-state index contributed by atoms with van der Waals surface area (Å²) in [5, 5.41) is 4.91. The van der Waals surface area contributed by atoms with Gasteiger partial charge in [0.25, 0.3) is 0 Å². The fourth-order valence-electron chi connectivity index (χ4n) is 9.45. The normalized spacial score (nSPS) is 11.7. The number of aryl methyl sites for hydroxylation is 3. The summed E-state index contributed by atoms with van der Waals surface area (Å²) in [5.41, 5.74) is 19.7. The minimum Gasteiger partial charge on any atom is -0.333 e. The molecule has 3 heterocycles. The topological polar surface area (TPSA) is 30.7 Å². The van der Waals surface area contributed by atoms with E-state index in [9.17, 15) is 0 Å². The molecule has 1 radical (unpaired) electrons. The van der Waals surface area contributed by atoms with Crippen LogP contribution in [-0.4, -0.2) is 27.8 Å². The maximum Gasteiger partial charge on any atom is 0.0774 e. The molecule has 0 unspecified atom stereocenters. The fraction of sp³-hybridized carbons (Fsp3) is 0.267. The molecule has 0 aliphatic heterocycles. The molecule has 0 bridgehead atoms. The van der Waals surface area contributed by atoms with Crippen LogP contribution in [0.2, 0.25) is 17.3 Å². The molecule has 0 amide bonds. The molecule has 9 rings (SSSR count). The van der Waals surface area contributed by atoms with Gasteiger partial charge in [-0.3, -0.25) is 16.3 Å². The molecule has 3 nitrogen and oxygen atoms in total. The Bertz CT molecular complexity index is 3060. The van der Waals surface area contributed by atoms with Crippen LogP contribution in [0, 0.1) is 38.1 Å². The number of para-hydroxylation sites is 2. The van der Waals surface area contributed by atoms with Gasteiger partial charge in [-0.25, -0.2) is 0 Å². The summed E-state index contributed by atoms with van der Waals surface area (Å²) >= 11 is -0.178. The van der Waals surface area contributed by atoms with E-state index in [4.69, 9.17) is 9.97 Å². The zero-order valence-corrected chi connectivity index (χ0v) is 46.0.